The van der Waals surface area contributed by atoms with Gasteiger partial charge in [0.15, 0.2) is 5.78 Å². The van der Waals surface area contributed by atoms with Crippen LogP contribution in [0.4, 0.5) is 0 Å². The summed E-state index contributed by atoms with van der Waals surface area (Å²) < 4.78 is 10.8. The van der Waals surface area contributed by atoms with E-state index in [-0.39, 0.29) is 11.2 Å². The van der Waals surface area contributed by atoms with Crippen LogP contribution in [0.5, 0.6) is 5.75 Å². The van der Waals surface area contributed by atoms with Crippen molar-refractivity contribution >= 4 is 5.78 Å². The molecule has 0 amide bonds. The van der Waals surface area contributed by atoms with Gasteiger partial charge in [-0.05, 0) is 31.2 Å². The molecule has 1 aliphatic heterocycles. The van der Waals surface area contributed by atoms with Crippen molar-refractivity contribution in [1.29, 1.82) is 0 Å². The Morgan fingerprint density at radius 3 is 2.74 bits per heavy atom. The lowest BCUT2D eigenvalue weighted by molar-refractivity contribution is 0.103. The highest BCUT2D eigenvalue weighted by Crippen LogP contribution is 2.39. The fourth-order valence-corrected chi connectivity index (χ4v) is 2.44. The van der Waals surface area contributed by atoms with Crippen LogP contribution in [-0.4, -0.2) is 12.4 Å². The number of hydrogen-bond donors (Lipinski definition) is 0. The zero-order chi connectivity index (χ0) is 13.6. The van der Waals surface area contributed by atoms with Crippen molar-refractivity contribution in [3.8, 4) is 5.75 Å². The summed E-state index contributed by atoms with van der Waals surface area (Å²) in [5.41, 5.74) is 2.36. The summed E-state index contributed by atoms with van der Waals surface area (Å²) in [6.45, 7) is 6.70. The Balaban J connectivity index is 2.04. The molecule has 0 saturated heterocycles. The molecule has 1 aliphatic rings. The SMILES string of the molecule is Cc1occc1C(=O)c1ccc2c(c1)C(C)(C)CO2. The lowest BCUT2D eigenvalue weighted by atomic mass is 9.85. The van der Waals surface area contributed by atoms with Gasteiger partial charge in [-0.3, -0.25) is 4.79 Å². The third-order valence-electron chi connectivity index (χ3n) is 3.66. The van der Waals surface area contributed by atoms with Crippen molar-refractivity contribution < 1.29 is 13.9 Å². The van der Waals surface area contributed by atoms with Crippen LogP contribution in [0.1, 0.15) is 41.1 Å². The Hall–Kier alpha value is -2.03. The van der Waals surface area contributed by atoms with Crippen molar-refractivity contribution in [3.63, 3.8) is 0 Å². The monoisotopic (exact) mass is 256 g/mol. The highest BCUT2D eigenvalue weighted by Gasteiger charge is 2.32. The number of benzene rings is 1. The number of aryl methyl sites for hydroxylation is 1. The van der Waals surface area contributed by atoms with E-state index in [9.17, 15) is 4.79 Å². The van der Waals surface area contributed by atoms with E-state index in [1.165, 1.54) is 0 Å². The second kappa shape index (κ2) is 3.98. The van der Waals surface area contributed by atoms with Gasteiger partial charge in [-0.1, -0.05) is 13.8 Å². The van der Waals surface area contributed by atoms with Gasteiger partial charge in [0, 0.05) is 16.5 Å². The van der Waals surface area contributed by atoms with E-state index in [0.717, 1.165) is 11.3 Å². The zero-order valence-corrected chi connectivity index (χ0v) is 11.3. The maximum Gasteiger partial charge on any atom is 0.196 e. The van der Waals surface area contributed by atoms with Gasteiger partial charge < -0.3 is 9.15 Å². The third-order valence-corrected chi connectivity index (χ3v) is 3.66. The van der Waals surface area contributed by atoms with Crippen LogP contribution < -0.4 is 4.74 Å². The van der Waals surface area contributed by atoms with Crippen LogP contribution in [0, 0.1) is 6.92 Å². The van der Waals surface area contributed by atoms with Crippen LogP contribution >= 0.6 is 0 Å². The molecule has 0 radical (unpaired) electrons. The lowest BCUT2D eigenvalue weighted by Gasteiger charge is -2.15. The Kier molecular flexibility index (Phi) is 2.52. The van der Waals surface area contributed by atoms with Crippen molar-refractivity contribution in [1.82, 2.24) is 0 Å². The predicted molar refractivity (Wildman–Crippen MR) is 71.8 cm³/mol. The molecule has 3 rings (SSSR count). The molecule has 98 valence electrons. The van der Waals surface area contributed by atoms with Crippen molar-refractivity contribution in [2.45, 2.75) is 26.2 Å². The standard InChI is InChI=1S/C16H16O3/c1-10-12(6-7-18-10)15(17)11-4-5-14-13(8-11)16(2,3)9-19-14/h4-8H,9H2,1-3H3. The first-order valence-corrected chi connectivity index (χ1v) is 6.35. The second-order valence-corrected chi connectivity index (χ2v) is 5.60. The topological polar surface area (TPSA) is 39.4 Å². The van der Waals surface area contributed by atoms with Crippen molar-refractivity contribution in [3.05, 3.63) is 53.0 Å². The minimum Gasteiger partial charge on any atom is -0.492 e. The van der Waals surface area contributed by atoms with Gasteiger partial charge in [-0.2, -0.15) is 0 Å². The summed E-state index contributed by atoms with van der Waals surface area (Å²) in [7, 11) is 0. The molecule has 0 aliphatic carbocycles. The van der Waals surface area contributed by atoms with Gasteiger partial charge in [0.25, 0.3) is 0 Å². The van der Waals surface area contributed by atoms with E-state index in [2.05, 4.69) is 13.8 Å². The Morgan fingerprint density at radius 2 is 2.05 bits per heavy atom. The van der Waals surface area contributed by atoms with Gasteiger partial charge >= 0.3 is 0 Å². The highest BCUT2D eigenvalue weighted by atomic mass is 16.5. The third kappa shape index (κ3) is 1.86. The largest absolute Gasteiger partial charge is 0.492 e. The summed E-state index contributed by atoms with van der Waals surface area (Å²) in [5.74, 6) is 1.53. The van der Waals surface area contributed by atoms with Crippen LogP contribution in [0.3, 0.4) is 0 Å². The number of ketones is 1. The van der Waals surface area contributed by atoms with Crippen LogP contribution in [-0.2, 0) is 5.41 Å². The summed E-state index contributed by atoms with van der Waals surface area (Å²) >= 11 is 0. The molecule has 2 heterocycles. The molecule has 0 atom stereocenters. The van der Waals surface area contributed by atoms with E-state index >= 15 is 0 Å². The van der Waals surface area contributed by atoms with Gasteiger partial charge in [0.2, 0.25) is 0 Å². The van der Waals surface area contributed by atoms with Crippen LogP contribution in [0.25, 0.3) is 0 Å². The number of carbonyl (C=O) groups is 1. The number of carbonyl (C=O) groups excluding carboxylic acids is 1. The van der Waals surface area contributed by atoms with E-state index < -0.39 is 0 Å². The normalized spacial score (nSPS) is 15.9. The average Bonchev–Trinajstić information content (AvgIpc) is 2.93. The molecular weight excluding hydrogens is 240 g/mol. The number of furan rings is 1. The fraction of sp³-hybridized carbons (Fsp3) is 0.312. The van der Waals surface area contributed by atoms with Gasteiger partial charge in [0.05, 0.1) is 18.4 Å². The predicted octanol–water partition coefficient (Wildman–Crippen LogP) is 3.49. The van der Waals surface area contributed by atoms with E-state index in [4.69, 9.17) is 9.15 Å². The number of fused-ring (bicyclic) bond motifs is 1. The minimum atomic E-state index is -0.0446. The zero-order valence-electron chi connectivity index (χ0n) is 11.3. The average molecular weight is 256 g/mol. The molecule has 2 aromatic rings. The Labute approximate surface area is 112 Å². The molecule has 0 saturated carbocycles. The van der Waals surface area contributed by atoms with Gasteiger partial charge in [-0.25, -0.2) is 0 Å². The maximum atomic E-state index is 12.4. The summed E-state index contributed by atoms with van der Waals surface area (Å²) in [5, 5.41) is 0. The molecule has 0 N–H and O–H groups in total. The quantitative estimate of drug-likeness (QED) is 0.772. The fourth-order valence-electron chi connectivity index (χ4n) is 2.44. The molecule has 1 aromatic heterocycles. The summed E-state index contributed by atoms with van der Waals surface area (Å²) in [4.78, 5) is 12.4. The Bertz CT molecular complexity index is 650. The van der Waals surface area contributed by atoms with Crippen molar-refractivity contribution in [2.24, 2.45) is 0 Å². The number of rotatable bonds is 2. The van der Waals surface area contributed by atoms with Crippen molar-refractivity contribution in [2.75, 3.05) is 6.61 Å². The number of hydrogen-bond acceptors (Lipinski definition) is 3. The van der Waals surface area contributed by atoms with Crippen LogP contribution in [0.15, 0.2) is 34.9 Å². The van der Waals surface area contributed by atoms with Gasteiger partial charge in [0.1, 0.15) is 11.5 Å². The van der Waals surface area contributed by atoms with Crippen LogP contribution in [0.2, 0.25) is 0 Å². The molecule has 0 bridgehead atoms. The lowest BCUT2D eigenvalue weighted by Crippen LogP contribution is -2.18. The second-order valence-electron chi connectivity index (χ2n) is 5.60. The molecule has 19 heavy (non-hydrogen) atoms. The number of ether oxygens (including phenoxy) is 1. The first-order valence-electron chi connectivity index (χ1n) is 6.35. The highest BCUT2D eigenvalue weighted by molar-refractivity contribution is 6.09. The smallest absolute Gasteiger partial charge is 0.196 e. The summed E-state index contributed by atoms with van der Waals surface area (Å²) in [6.07, 6.45) is 1.54. The van der Waals surface area contributed by atoms with Gasteiger partial charge in [-0.15, -0.1) is 0 Å². The van der Waals surface area contributed by atoms with E-state index in [0.29, 0.717) is 23.5 Å². The first kappa shape index (κ1) is 12.0. The molecule has 3 nitrogen and oxygen atoms in total. The first-order chi connectivity index (χ1) is 8.99. The molecule has 1 aromatic carbocycles. The Morgan fingerprint density at radius 1 is 1.26 bits per heavy atom. The minimum absolute atomic E-state index is 0.00301. The summed E-state index contributed by atoms with van der Waals surface area (Å²) in [6, 6.07) is 7.35. The molecule has 3 heteroatoms. The molecule has 0 spiro atoms. The van der Waals surface area contributed by atoms with E-state index in [1.807, 2.05) is 18.2 Å². The molecule has 0 unspecified atom stereocenters. The maximum absolute atomic E-state index is 12.4. The molecule has 0 fully saturated rings. The van der Waals surface area contributed by atoms with E-state index in [1.54, 1.807) is 19.3 Å². The molecular formula is C16H16O3.